The van der Waals surface area contributed by atoms with Gasteiger partial charge >= 0.3 is 0 Å². The van der Waals surface area contributed by atoms with E-state index in [2.05, 4.69) is 223 Å². The van der Waals surface area contributed by atoms with Crippen LogP contribution >= 0.6 is 0 Å². The molecule has 1 aliphatic heterocycles. The van der Waals surface area contributed by atoms with E-state index >= 15 is 0 Å². The van der Waals surface area contributed by atoms with Crippen LogP contribution in [0.1, 0.15) is 56.8 Å². The van der Waals surface area contributed by atoms with Crippen LogP contribution < -0.4 is 25.6 Å². The fourth-order valence-corrected chi connectivity index (χ4v) is 19.0. The van der Waals surface area contributed by atoms with E-state index in [0.29, 0.717) is 16.1 Å². The van der Waals surface area contributed by atoms with Crippen molar-refractivity contribution in [3.8, 4) is 44.5 Å². The van der Waals surface area contributed by atoms with Crippen LogP contribution in [0.4, 0.5) is 17.1 Å². The molecule has 1 heterocycles. The molecule has 0 unspecified atom stereocenters. The van der Waals surface area contributed by atoms with Gasteiger partial charge in [0.2, 0.25) is 0 Å². The lowest BCUT2D eigenvalue weighted by molar-refractivity contribution is 0.768. The minimum Gasteiger partial charge on any atom is -0.310 e. The third-order valence-electron chi connectivity index (χ3n) is 17.6. The number of anilines is 3. The summed E-state index contributed by atoms with van der Waals surface area (Å²) in [5, 5.41) is 1.40. The Balaban J connectivity index is 0.956. The maximum absolute atomic E-state index is 11.0. The summed E-state index contributed by atoms with van der Waals surface area (Å²) in [6.45, 7) is 0. The monoisotopic (exact) mass is 1070 g/mol. The smallest absolute Gasteiger partial charge is 0.180 e. The highest BCUT2D eigenvalue weighted by molar-refractivity contribution is 7.22. The molecule has 2 aliphatic carbocycles. The van der Waals surface area contributed by atoms with Gasteiger partial charge in [0.1, 0.15) is 0 Å². The lowest BCUT2D eigenvalue weighted by Crippen LogP contribution is -2.72. The molecule has 0 fully saturated rings. The van der Waals surface area contributed by atoms with Crippen LogP contribution in [0.3, 0.4) is 0 Å². The normalized spacial score (nSPS) is 15.7. The zero-order valence-electron chi connectivity index (χ0n) is 53.5. The van der Waals surface area contributed by atoms with Crippen LogP contribution in [-0.2, 0) is 10.8 Å². The Labute approximate surface area is 494 Å². The van der Waals surface area contributed by atoms with E-state index < -0.39 is 55.2 Å². The lowest BCUT2D eigenvalue weighted by atomic mass is 9.67. The third-order valence-corrected chi connectivity index (χ3v) is 22.2. The zero-order chi connectivity index (χ0) is 62.1. The van der Waals surface area contributed by atoms with Gasteiger partial charge < -0.3 is 4.90 Å². The summed E-state index contributed by atoms with van der Waals surface area (Å²) < 4.78 is 86.5. The maximum atomic E-state index is 11.0. The number of rotatable bonds is 10. The molecule has 0 spiro atoms. The van der Waals surface area contributed by atoms with E-state index in [-0.39, 0.29) is 39.6 Å². The highest BCUT2D eigenvalue weighted by Crippen LogP contribution is 2.59. The summed E-state index contributed by atoms with van der Waals surface area (Å²) in [6, 6.07) is 93.6. The first-order valence-electron chi connectivity index (χ1n) is 32.4. The molecule has 0 aromatic heterocycles. The van der Waals surface area contributed by atoms with E-state index in [9.17, 15) is 9.60 Å². The number of benzene rings is 13. The molecule has 384 valence electrons. The van der Waals surface area contributed by atoms with Crippen molar-refractivity contribution in [1.82, 2.24) is 0 Å². The Kier molecular flexibility index (Phi) is 9.11. The van der Waals surface area contributed by atoms with Gasteiger partial charge in [0.05, 0.1) is 23.2 Å². The fraction of sp³-hybridized carbons (Fsp3) is 0.0250. The Morgan fingerprint density at radius 1 is 0.280 bits per heavy atom. The second-order valence-electron chi connectivity index (χ2n) is 21.5. The molecule has 3 aliphatic rings. The van der Waals surface area contributed by atoms with Crippen LogP contribution in [-0.4, -0.2) is 8.07 Å². The van der Waals surface area contributed by atoms with Crippen LogP contribution in [0.25, 0.3) is 44.5 Å². The molecule has 16 rings (SSSR count). The van der Waals surface area contributed by atoms with E-state index in [1.807, 2.05) is 60.7 Å². The largest absolute Gasteiger partial charge is 0.310 e. The van der Waals surface area contributed by atoms with Gasteiger partial charge in [-0.1, -0.05) is 291 Å². The number of hydrogen-bond acceptors (Lipinski definition) is 1. The summed E-state index contributed by atoms with van der Waals surface area (Å²) >= 11 is 0. The predicted octanol–water partition coefficient (Wildman–Crippen LogP) is 16.9. The average molecular weight is 1070 g/mol. The van der Waals surface area contributed by atoms with Crippen molar-refractivity contribution >= 4 is 45.9 Å². The Hall–Kier alpha value is -10.1. The van der Waals surface area contributed by atoms with Gasteiger partial charge in [0.15, 0.2) is 8.07 Å². The minimum atomic E-state index is -4.36. The SMILES string of the molecule is [2H]c1c(N(c2ccc(-c3ccc4c(c3)C(c3ccccc3)(c3ccccc3)c3ccccc3-4)cc2)c2ccc3c(c2)C(c2ccccc2)(c2ccccc2)c2ccccc2-3)cccc1[Si]1(c2ccccc2)c2c([2H])c([2H])c([2H])c([2H])c2-c2c([2H])c([2H])c([2H])c([2H])c21. The fourth-order valence-electron chi connectivity index (χ4n) is 14.3. The summed E-state index contributed by atoms with van der Waals surface area (Å²) in [6.07, 6.45) is 0. The topological polar surface area (TPSA) is 3.24 Å². The second kappa shape index (κ2) is 19.0. The maximum Gasteiger partial charge on any atom is 0.180 e. The van der Waals surface area contributed by atoms with Gasteiger partial charge in [0, 0.05) is 17.1 Å². The molecule has 0 atom stereocenters. The summed E-state index contributed by atoms with van der Waals surface area (Å²) in [5.41, 5.74) is 16.3. The van der Waals surface area contributed by atoms with Crippen molar-refractivity contribution in [2.75, 3.05) is 4.90 Å². The van der Waals surface area contributed by atoms with Gasteiger partial charge in [-0.15, -0.1) is 0 Å². The first kappa shape index (κ1) is 39.3. The van der Waals surface area contributed by atoms with Crippen LogP contribution in [0, 0.1) is 0 Å². The second-order valence-corrected chi connectivity index (χ2v) is 25.1. The molecular weight excluding hydrogens is 1000 g/mol. The molecule has 0 N–H and O–H groups in total. The first-order valence-corrected chi connectivity index (χ1v) is 29.9. The lowest BCUT2D eigenvalue weighted by Gasteiger charge is -2.35. The predicted molar refractivity (Wildman–Crippen MR) is 344 cm³/mol. The van der Waals surface area contributed by atoms with Crippen LogP contribution in [0.5, 0.6) is 0 Å². The minimum absolute atomic E-state index is 0.0392. The van der Waals surface area contributed by atoms with Gasteiger partial charge in [-0.05, 0) is 152 Å². The van der Waals surface area contributed by atoms with Gasteiger partial charge in [-0.3, -0.25) is 0 Å². The van der Waals surface area contributed by atoms with Crippen molar-refractivity contribution in [2.45, 2.75) is 10.8 Å². The van der Waals surface area contributed by atoms with Gasteiger partial charge in [-0.25, -0.2) is 0 Å². The summed E-state index contributed by atoms with van der Waals surface area (Å²) in [4.78, 5) is 2.11. The van der Waals surface area contributed by atoms with Gasteiger partial charge in [-0.2, -0.15) is 0 Å². The Bertz CT molecular complexity index is 4960. The van der Waals surface area contributed by atoms with E-state index in [1.54, 1.807) is 0 Å². The molecule has 0 amide bonds. The molecule has 0 radical (unpaired) electrons. The van der Waals surface area contributed by atoms with Crippen molar-refractivity contribution in [1.29, 1.82) is 0 Å². The molecule has 1 nitrogen and oxygen atoms in total. The number of nitrogens with zero attached hydrogens (tertiary/aromatic N) is 1. The molecular formula is C80H55NSi. The van der Waals surface area contributed by atoms with E-state index in [0.717, 1.165) is 55.9 Å². The van der Waals surface area contributed by atoms with Crippen molar-refractivity contribution < 1.29 is 12.3 Å². The molecule has 82 heavy (non-hydrogen) atoms. The average Bonchev–Trinajstić information content (AvgIpc) is 1.54. The molecule has 0 bridgehead atoms. The molecule has 13 aromatic rings. The van der Waals surface area contributed by atoms with Crippen LogP contribution in [0.15, 0.2) is 333 Å². The summed E-state index contributed by atoms with van der Waals surface area (Å²) in [5.74, 6) is 0. The van der Waals surface area contributed by atoms with E-state index in [1.165, 1.54) is 33.4 Å². The Morgan fingerprint density at radius 2 is 0.683 bits per heavy atom. The molecule has 0 saturated heterocycles. The zero-order valence-corrected chi connectivity index (χ0v) is 45.5. The van der Waals surface area contributed by atoms with Crippen LogP contribution in [0.2, 0.25) is 0 Å². The quantitative estimate of drug-likeness (QED) is 0.123. The van der Waals surface area contributed by atoms with Crippen molar-refractivity contribution in [3.63, 3.8) is 0 Å². The number of hydrogen-bond donors (Lipinski definition) is 0. The summed E-state index contributed by atoms with van der Waals surface area (Å²) in [7, 11) is -4.36. The highest BCUT2D eigenvalue weighted by Gasteiger charge is 2.50. The molecule has 0 saturated carbocycles. The highest BCUT2D eigenvalue weighted by atomic mass is 28.3. The first-order chi connectivity index (χ1) is 44.4. The van der Waals surface area contributed by atoms with E-state index in [4.69, 9.17) is 2.74 Å². The Morgan fingerprint density at radius 3 is 1.21 bits per heavy atom. The van der Waals surface area contributed by atoms with Gasteiger partial charge in [0.25, 0.3) is 0 Å². The molecule has 13 aromatic carbocycles. The standard InChI is InChI=1S/C80H55NSi/c1-6-25-58(26-7-1)79(59-27-8-2-9-28-59)73-41-20-16-37-67(73)69-51-47-57(53-75(69)79)56-45-48-62(49-46-56)81(63-33-24-36-66(54-63)82(65-34-14-5-15-35-65)77-43-22-18-39-71(77)72-40-19-23-44-78(72)82)64-50-52-70-68-38-17-21-42-74(68)80(76(70)55-64,60-29-10-3-11-30-60)61-31-12-4-13-32-61/h1-55H/i18D,19D,22D,23D,39D,40D,43D,44D,54D. The molecule has 2 heteroatoms. The van der Waals surface area contributed by atoms with Crippen molar-refractivity contribution in [2.24, 2.45) is 0 Å². The van der Waals surface area contributed by atoms with Crippen molar-refractivity contribution in [3.05, 3.63) is 378 Å². The number of fused-ring (bicyclic) bond motifs is 9. The third kappa shape index (κ3) is 6.86.